The fraction of sp³-hybridized carbons (Fsp3) is 0.714. The Hall–Kier alpha value is -1.36. The molecular formula is C14H22N2O3. The summed E-state index contributed by atoms with van der Waals surface area (Å²) in [5.74, 6) is 0.465. The number of nitrogens with zero attached hydrogens (tertiary/aromatic N) is 1. The first-order chi connectivity index (χ1) is 9.11. The van der Waals surface area contributed by atoms with Crippen LogP contribution < -0.4 is 5.32 Å². The van der Waals surface area contributed by atoms with Crippen LogP contribution in [0.5, 0.6) is 0 Å². The molecule has 106 valence electrons. The number of amides is 1. The second-order valence-electron chi connectivity index (χ2n) is 5.39. The van der Waals surface area contributed by atoms with Crippen molar-refractivity contribution >= 4 is 5.91 Å². The number of carbonyl (C=O) groups excluding carboxylic acids is 1. The van der Waals surface area contributed by atoms with Crippen LogP contribution in [0.1, 0.15) is 61.7 Å². The molecule has 1 fully saturated rings. The number of hydrogen-bond donors (Lipinski definition) is 2. The maximum Gasteiger partial charge on any atom is 0.289 e. The molecule has 1 aromatic rings. The van der Waals surface area contributed by atoms with Gasteiger partial charge in [0, 0.05) is 24.4 Å². The fourth-order valence-corrected chi connectivity index (χ4v) is 2.40. The molecule has 0 aliphatic heterocycles. The fourth-order valence-electron chi connectivity index (χ4n) is 2.40. The lowest BCUT2D eigenvalue weighted by Gasteiger charge is -2.14. The Labute approximate surface area is 113 Å². The number of hydrogen-bond acceptors (Lipinski definition) is 4. The van der Waals surface area contributed by atoms with Crippen LogP contribution in [0.4, 0.5) is 0 Å². The van der Waals surface area contributed by atoms with E-state index in [-0.39, 0.29) is 23.7 Å². The van der Waals surface area contributed by atoms with E-state index in [0.29, 0.717) is 12.5 Å². The topological polar surface area (TPSA) is 75.4 Å². The Morgan fingerprint density at radius 3 is 3.05 bits per heavy atom. The molecular weight excluding hydrogens is 244 g/mol. The van der Waals surface area contributed by atoms with Crippen molar-refractivity contribution in [1.29, 1.82) is 0 Å². The van der Waals surface area contributed by atoms with Gasteiger partial charge in [0.05, 0.1) is 11.8 Å². The van der Waals surface area contributed by atoms with Crippen LogP contribution in [0.25, 0.3) is 0 Å². The molecule has 2 N–H and O–H groups in total. The number of carbonyl (C=O) groups is 1. The Morgan fingerprint density at radius 1 is 1.63 bits per heavy atom. The van der Waals surface area contributed by atoms with Crippen molar-refractivity contribution < 1.29 is 14.4 Å². The molecule has 5 heteroatoms. The van der Waals surface area contributed by atoms with Crippen molar-refractivity contribution in [3.63, 3.8) is 0 Å². The largest absolute Gasteiger partial charge is 0.393 e. The molecule has 5 nitrogen and oxygen atoms in total. The molecule has 0 aromatic carbocycles. The van der Waals surface area contributed by atoms with Gasteiger partial charge in [-0.05, 0) is 19.3 Å². The lowest BCUT2D eigenvalue weighted by Crippen LogP contribution is -2.32. The highest BCUT2D eigenvalue weighted by Gasteiger charge is 2.26. The number of nitrogens with one attached hydrogen (secondary N) is 1. The van der Waals surface area contributed by atoms with Gasteiger partial charge in [-0.1, -0.05) is 25.4 Å². The molecule has 1 heterocycles. The average molecular weight is 266 g/mol. The van der Waals surface area contributed by atoms with Crippen molar-refractivity contribution in [2.45, 2.75) is 51.6 Å². The van der Waals surface area contributed by atoms with Crippen molar-refractivity contribution in [2.24, 2.45) is 5.92 Å². The van der Waals surface area contributed by atoms with E-state index in [4.69, 9.17) is 4.52 Å². The molecule has 3 unspecified atom stereocenters. The Kier molecular flexibility index (Phi) is 4.58. The smallest absolute Gasteiger partial charge is 0.289 e. The summed E-state index contributed by atoms with van der Waals surface area (Å²) >= 11 is 0. The van der Waals surface area contributed by atoms with Crippen LogP contribution >= 0.6 is 0 Å². The van der Waals surface area contributed by atoms with Crippen LogP contribution in [0.3, 0.4) is 0 Å². The molecule has 2 rings (SSSR count). The second kappa shape index (κ2) is 6.19. The van der Waals surface area contributed by atoms with Crippen LogP contribution in [-0.2, 0) is 0 Å². The summed E-state index contributed by atoms with van der Waals surface area (Å²) in [7, 11) is 0. The molecule has 1 amide bonds. The summed E-state index contributed by atoms with van der Waals surface area (Å²) in [6, 6.07) is 1.70. The van der Waals surface area contributed by atoms with Gasteiger partial charge in [0.15, 0.2) is 0 Å². The predicted molar refractivity (Wildman–Crippen MR) is 70.9 cm³/mol. The van der Waals surface area contributed by atoms with E-state index in [1.165, 1.54) is 0 Å². The highest BCUT2D eigenvalue weighted by molar-refractivity contribution is 5.91. The molecule has 0 saturated heterocycles. The second-order valence-corrected chi connectivity index (χ2v) is 5.39. The van der Waals surface area contributed by atoms with Gasteiger partial charge in [0.25, 0.3) is 5.91 Å². The molecule has 1 aliphatic carbocycles. The maximum atomic E-state index is 11.9. The first-order valence-corrected chi connectivity index (χ1v) is 7.04. The van der Waals surface area contributed by atoms with E-state index < -0.39 is 0 Å². The zero-order chi connectivity index (χ0) is 13.8. The highest BCUT2D eigenvalue weighted by atomic mass is 16.5. The highest BCUT2D eigenvalue weighted by Crippen LogP contribution is 2.24. The van der Waals surface area contributed by atoms with Crippen molar-refractivity contribution in [3.05, 3.63) is 17.5 Å². The Morgan fingerprint density at radius 2 is 2.42 bits per heavy atom. The Bertz CT molecular complexity index is 430. The summed E-state index contributed by atoms with van der Waals surface area (Å²) in [6.45, 7) is 4.62. The number of rotatable bonds is 5. The quantitative estimate of drug-likeness (QED) is 0.855. The van der Waals surface area contributed by atoms with Gasteiger partial charge in [-0.25, -0.2) is 0 Å². The molecule has 0 bridgehead atoms. The molecule has 0 spiro atoms. The van der Waals surface area contributed by atoms with Crippen molar-refractivity contribution in [1.82, 2.24) is 10.5 Å². The first-order valence-electron chi connectivity index (χ1n) is 7.04. The van der Waals surface area contributed by atoms with Gasteiger partial charge in [-0.15, -0.1) is 0 Å². The summed E-state index contributed by atoms with van der Waals surface area (Å²) in [5, 5.41) is 16.4. The van der Waals surface area contributed by atoms with Crippen LogP contribution in [0.15, 0.2) is 10.6 Å². The minimum Gasteiger partial charge on any atom is -0.393 e. The van der Waals surface area contributed by atoms with E-state index in [1.54, 1.807) is 6.07 Å². The van der Waals surface area contributed by atoms with E-state index in [0.717, 1.165) is 31.4 Å². The summed E-state index contributed by atoms with van der Waals surface area (Å²) < 4.78 is 5.07. The normalized spacial score (nSPS) is 24.4. The molecule has 1 aromatic heterocycles. The lowest BCUT2D eigenvalue weighted by atomic mass is 10.1. The third kappa shape index (κ3) is 3.35. The standard InChI is InChI=1S/C14H22N2O3/c1-3-9(2)11-7-13(19-16-11)14(18)15-8-10-5-4-6-12(10)17/h7,9-10,12,17H,3-6,8H2,1-2H3,(H,15,18). The van der Waals surface area contributed by atoms with Gasteiger partial charge in [-0.2, -0.15) is 0 Å². The molecule has 1 saturated carbocycles. The third-order valence-electron chi connectivity index (χ3n) is 4.01. The average Bonchev–Trinajstić information content (AvgIpc) is 3.04. The third-order valence-corrected chi connectivity index (χ3v) is 4.01. The van der Waals surface area contributed by atoms with Crippen molar-refractivity contribution in [3.8, 4) is 0 Å². The van der Waals surface area contributed by atoms with E-state index in [2.05, 4.69) is 24.3 Å². The number of aliphatic hydroxyl groups is 1. The number of aromatic nitrogens is 1. The molecule has 0 radical (unpaired) electrons. The summed E-state index contributed by atoms with van der Waals surface area (Å²) in [6.07, 6.45) is 3.51. The molecule has 3 atom stereocenters. The van der Waals surface area contributed by atoms with Crippen LogP contribution in [0.2, 0.25) is 0 Å². The first kappa shape index (κ1) is 14.1. The van der Waals surface area contributed by atoms with Crippen molar-refractivity contribution in [2.75, 3.05) is 6.54 Å². The van der Waals surface area contributed by atoms with E-state index in [1.807, 2.05) is 0 Å². The molecule has 1 aliphatic rings. The van der Waals surface area contributed by atoms with Crippen LogP contribution in [0, 0.1) is 5.92 Å². The minimum atomic E-state index is -0.286. The minimum absolute atomic E-state index is 0.168. The van der Waals surface area contributed by atoms with E-state index in [9.17, 15) is 9.90 Å². The van der Waals surface area contributed by atoms with Gasteiger partial charge in [-0.3, -0.25) is 4.79 Å². The van der Waals surface area contributed by atoms with Gasteiger partial charge < -0.3 is 14.9 Å². The zero-order valence-corrected chi connectivity index (χ0v) is 11.6. The predicted octanol–water partition coefficient (Wildman–Crippen LogP) is 2.08. The lowest BCUT2D eigenvalue weighted by molar-refractivity contribution is 0.0881. The van der Waals surface area contributed by atoms with Gasteiger partial charge in [0.1, 0.15) is 0 Å². The summed E-state index contributed by atoms with van der Waals surface area (Å²) in [4.78, 5) is 11.9. The Balaban J connectivity index is 1.87. The zero-order valence-electron chi connectivity index (χ0n) is 11.6. The van der Waals surface area contributed by atoms with Gasteiger partial charge in [0.2, 0.25) is 5.76 Å². The van der Waals surface area contributed by atoms with Gasteiger partial charge >= 0.3 is 0 Å². The monoisotopic (exact) mass is 266 g/mol. The SMILES string of the molecule is CCC(C)c1cc(C(=O)NCC2CCCC2O)on1. The van der Waals surface area contributed by atoms with E-state index >= 15 is 0 Å². The summed E-state index contributed by atoms with van der Waals surface area (Å²) in [5.41, 5.74) is 0.813. The number of aliphatic hydroxyl groups excluding tert-OH is 1. The van der Waals surface area contributed by atoms with Crippen LogP contribution in [-0.4, -0.2) is 28.8 Å². The molecule has 19 heavy (non-hydrogen) atoms. The maximum absolute atomic E-state index is 11.9.